The first-order valence-electron chi connectivity index (χ1n) is 5.57. The molecule has 0 unspecified atom stereocenters. The van der Waals surface area contributed by atoms with Crippen molar-refractivity contribution in [3.05, 3.63) is 28.6 Å². The third-order valence-electron chi connectivity index (χ3n) is 2.31. The van der Waals surface area contributed by atoms with Gasteiger partial charge in [-0.2, -0.15) is 0 Å². The number of carbonyl (C=O) groups excluding carboxylic acids is 1. The van der Waals surface area contributed by atoms with E-state index >= 15 is 0 Å². The molecule has 0 fully saturated rings. The van der Waals surface area contributed by atoms with E-state index in [2.05, 4.69) is 10.3 Å². The van der Waals surface area contributed by atoms with Gasteiger partial charge in [-0.15, -0.1) is 22.7 Å². The first-order chi connectivity index (χ1) is 8.69. The zero-order chi connectivity index (χ0) is 13.0. The molecule has 0 aliphatic rings. The second-order valence-electron chi connectivity index (χ2n) is 3.95. The summed E-state index contributed by atoms with van der Waals surface area (Å²) in [6, 6.07) is 3.78. The number of aliphatic hydroxyl groups excluding tert-OH is 1. The normalized spacial score (nSPS) is 12.3. The van der Waals surface area contributed by atoms with E-state index in [1.54, 1.807) is 29.6 Å². The molecule has 0 aliphatic heterocycles. The Morgan fingerprint density at radius 2 is 2.39 bits per heavy atom. The van der Waals surface area contributed by atoms with Gasteiger partial charge in [-0.05, 0) is 18.4 Å². The summed E-state index contributed by atoms with van der Waals surface area (Å²) in [4.78, 5) is 17.2. The Morgan fingerprint density at radius 1 is 1.56 bits per heavy atom. The first-order valence-corrected chi connectivity index (χ1v) is 7.33. The second kappa shape index (κ2) is 6.08. The van der Waals surface area contributed by atoms with Gasteiger partial charge in [0.05, 0.1) is 23.6 Å². The van der Waals surface area contributed by atoms with Crippen molar-refractivity contribution in [3.63, 3.8) is 0 Å². The van der Waals surface area contributed by atoms with Crippen LogP contribution in [-0.4, -0.2) is 28.6 Å². The van der Waals surface area contributed by atoms with E-state index in [4.69, 9.17) is 5.11 Å². The van der Waals surface area contributed by atoms with E-state index in [0.29, 0.717) is 0 Å². The summed E-state index contributed by atoms with van der Waals surface area (Å²) in [7, 11) is 0. The Morgan fingerprint density at radius 3 is 3.06 bits per heavy atom. The minimum absolute atomic E-state index is 0.0523. The van der Waals surface area contributed by atoms with Gasteiger partial charge < -0.3 is 10.4 Å². The van der Waals surface area contributed by atoms with Gasteiger partial charge in [-0.3, -0.25) is 4.79 Å². The van der Waals surface area contributed by atoms with E-state index in [9.17, 15) is 4.79 Å². The van der Waals surface area contributed by atoms with Gasteiger partial charge in [0.2, 0.25) is 5.91 Å². The zero-order valence-corrected chi connectivity index (χ0v) is 11.6. The van der Waals surface area contributed by atoms with Crippen molar-refractivity contribution in [2.24, 2.45) is 0 Å². The van der Waals surface area contributed by atoms with Crippen LogP contribution >= 0.6 is 22.7 Å². The van der Waals surface area contributed by atoms with E-state index in [0.717, 1.165) is 15.6 Å². The van der Waals surface area contributed by atoms with Crippen LogP contribution in [0.2, 0.25) is 0 Å². The summed E-state index contributed by atoms with van der Waals surface area (Å²) in [5.74, 6) is -0.112. The number of carbonyl (C=O) groups is 1. The minimum Gasteiger partial charge on any atom is -0.394 e. The fraction of sp³-hybridized carbons (Fsp3) is 0.333. The molecule has 6 heteroatoms. The number of hydrogen-bond acceptors (Lipinski definition) is 5. The van der Waals surface area contributed by atoms with Crippen LogP contribution in [0.5, 0.6) is 0 Å². The number of thiazole rings is 1. The van der Waals surface area contributed by atoms with Gasteiger partial charge in [0.1, 0.15) is 5.01 Å². The molecular weight excluding hydrogens is 268 g/mol. The predicted octanol–water partition coefficient (Wildman–Crippen LogP) is 1.91. The van der Waals surface area contributed by atoms with Crippen LogP contribution in [0.25, 0.3) is 9.88 Å². The molecule has 1 atom stereocenters. The number of rotatable bonds is 5. The summed E-state index contributed by atoms with van der Waals surface area (Å²) >= 11 is 3.18. The highest BCUT2D eigenvalue weighted by molar-refractivity contribution is 7.20. The average molecular weight is 282 g/mol. The molecule has 4 nitrogen and oxygen atoms in total. The molecule has 2 heterocycles. The number of thiophene rings is 1. The number of aromatic nitrogens is 1. The van der Waals surface area contributed by atoms with Crippen LogP contribution in [0.1, 0.15) is 12.6 Å². The molecule has 1 amide bonds. The predicted molar refractivity (Wildman–Crippen MR) is 73.8 cm³/mol. The third kappa shape index (κ3) is 3.38. The lowest BCUT2D eigenvalue weighted by molar-refractivity contribution is -0.121. The van der Waals surface area contributed by atoms with Gasteiger partial charge in [0.15, 0.2) is 0 Å². The third-order valence-corrected chi connectivity index (χ3v) is 4.24. The molecule has 2 N–H and O–H groups in total. The lowest BCUT2D eigenvalue weighted by Gasteiger charge is -2.09. The quantitative estimate of drug-likeness (QED) is 0.880. The number of nitrogens with one attached hydrogen (secondary N) is 1. The number of hydrogen-bond donors (Lipinski definition) is 2. The maximum atomic E-state index is 11.6. The van der Waals surface area contributed by atoms with Crippen molar-refractivity contribution in [1.29, 1.82) is 0 Å². The monoisotopic (exact) mass is 282 g/mol. The fourth-order valence-corrected chi connectivity index (χ4v) is 3.07. The van der Waals surface area contributed by atoms with Crippen molar-refractivity contribution in [3.8, 4) is 9.88 Å². The van der Waals surface area contributed by atoms with Crippen LogP contribution in [0.4, 0.5) is 0 Å². The van der Waals surface area contributed by atoms with E-state index in [1.807, 2.05) is 22.9 Å². The highest BCUT2D eigenvalue weighted by Gasteiger charge is 2.11. The Labute approximate surface area is 113 Å². The molecule has 0 saturated heterocycles. The smallest absolute Gasteiger partial charge is 0.226 e. The van der Waals surface area contributed by atoms with Crippen LogP contribution < -0.4 is 5.32 Å². The van der Waals surface area contributed by atoms with Crippen molar-refractivity contribution in [2.45, 2.75) is 19.4 Å². The molecule has 2 rings (SSSR count). The van der Waals surface area contributed by atoms with Gasteiger partial charge in [-0.25, -0.2) is 4.98 Å². The highest BCUT2D eigenvalue weighted by atomic mass is 32.1. The van der Waals surface area contributed by atoms with Crippen LogP contribution in [-0.2, 0) is 11.2 Å². The molecular formula is C12H14N2O2S2. The fourth-order valence-electron chi connectivity index (χ4n) is 1.44. The molecule has 18 heavy (non-hydrogen) atoms. The van der Waals surface area contributed by atoms with Crippen molar-refractivity contribution in [2.75, 3.05) is 6.61 Å². The number of nitrogens with zero attached hydrogens (tertiary/aromatic N) is 1. The maximum Gasteiger partial charge on any atom is 0.226 e. The van der Waals surface area contributed by atoms with Crippen molar-refractivity contribution < 1.29 is 9.90 Å². The van der Waals surface area contributed by atoms with Gasteiger partial charge in [0.25, 0.3) is 0 Å². The molecule has 0 bridgehead atoms. The summed E-state index contributed by atoms with van der Waals surface area (Å²) < 4.78 is 0. The molecule has 0 aliphatic carbocycles. The Hall–Kier alpha value is -1.24. The summed E-state index contributed by atoms with van der Waals surface area (Å²) in [6.45, 7) is 1.71. The Balaban J connectivity index is 1.97. The van der Waals surface area contributed by atoms with Crippen molar-refractivity contribution >= 4 is 28.6 Å². The van der Waals surface area contributed by atoms with Crippen LogP contribution in [0.3, 0.4) is 0 Å². The standard InChI is InChI=1S/C12H14N2O2S2/c1-8(6-15)13-11(16)5-9-7-18-12(14-9)10-3-2-4-17-10/h2-4,7-8,15H,5-6H2,1H3,(H,13,16)/t8-/m1/s1. The number of aliphatic hydroxyl groups is 1. The largest absolute Gasteiger partial charge is 0.394 e. The molecule has 0 saturated carbocycles. The number of amides is 1. The lowest BCUT2D eigenvalue weighted by Crippen LogP contribution is -2.36. The topological polar surface area (TPSA) is 62.2 Å². The Kier molecular flexibility index (Phi) is 4.46. The van der Waals surface area contributed by atoms with Gasteiger partial charge in [0, 0.05) is 11.4 Å². The van der Waals surface area contributed by atoms with E-state index < -0.39 is 0 Å². The highest BCUT2D eigenvalue weighted by Crippen LogP contribution is 2.27. The van der Waals surface area contributed by atoms with E-state index in [-0.39, 0.29) is 25.0 Å². The molecule has 0 aromatic carbocycles. The molecule has 2 aromatic heterocycles. The molecule has 96 valence electrons. The summed E-state index contributed by atoms with van der Waals surface area (Å²) in [6.07, 6.45) is 0.256. The van der Waals surface area contributed by atoms with E-state index in [1.165, 1.54) is 0 Å². The summed E-state index contributed by atoms with van der Waals surface area (Å²) in [5.41, 5.74) is 0.769. The average Bonchev–Trinajstić information content (AvgIpc) is 2.98. The van der Waals surface area contributed by atoms with Gasteiger partial charge in [-0.1, -0.05) is 6.07 Å². The first kappa shape index (κ1) is 13.2. The summed E-state index contributed by atoms with van der Waals surface area (Å²) in [5, 5.41) is 16.4. The zero-order valence-electron chi connectivity index (χ0n) is 9.92. The Bertz CT molecular complexity index is 508. The van der Waals surface area contributed by atoms with Crippen molar-refractivity contribution in [1.82, 2.24) is 10.3 Å². The molecule has 0 radical (unpaired) electrons. The van der Waals surface area contributed by atoms with Gasteiger partial charge >= 0.3 is 0 Å². The lowest BCUT2D eigenvalue weighted by atomic mass is 10.3. The maximum absolute atomic E-state index is 11.6. The van der Waals surface area contributed by atoms with Crippen LogP contribution in [0.15, 0.2) is 22.9 Å². The molecule has 2 aromatic rings. The SMILES string of the molecule is C[C@H](CO)NC(=O)Cc1csc(-c2cccs2)n1. The van der Waals surface area contributed by atoms with Crippen LogP contribution in [0, 0.1) is 0 Å². The molecule has 0 spiro atoms. The minimum atomic E-state index is -0.215. The second-order valence-corrected chi connectivity index (χ2v) is 5.76.